The molecule has 22 heavy (non-hydrogen) atoms. The number of esters is 1. The minimum atomic E-state index is -0.574. The van der Waals surface area contributed by atoms with Gasteiger partial charge < -0.3 is 21.2 Å². The highest BCUT2D eigenvalue weighted by molar-refractivity contribution is 6.45. The van der Waals surface area contributed by atoms with Crippen molar-refractivity contribution in [3.8, 4) is 0 Å². The summed E-state index contributed by atoms with van der Waals surface area (Å²) in [4.78, 5) is 15.3. The molecule has 1 aromatic heterocycles. The van der Waals surface area contributed by atoms with Crippen LogP contribution >= 0.6 is 12.4 Å². The number of rotatable bonds is 4. The van der Waals surface area contributed by atoms with Crippen molar-refractivity contribution in [3.05, 3.63) is 35.5 Å². The summed E-state index contributed by atoms with van der Waals surface area (Å²) in [6.45, 7) is 3.80. The highest BCUT2D eigenvalue weighted by Crippen LogP contribution is 2.23. The number of aromatic amines is 1. The van der Waals surface area contributed by atoms with Crippen LogP contribution in [0.4, 0.5) is 0 Å². The Balaban J connectivity index is 0.00000242. The normalized spacial score (nSPS) is 10.9. The monoisotopic (exact) mass is 323 g/mol. The van der Waals surface area contributed by atoms with Gasteiger partial charge in [0.2, 0.25) is 5.96 Å². The maximum atomic E-state index is 12.1. The summed E-state index contributed by atoms with van der Waals surface area (Å²) in [5.74, 6) is -0.801. The van der Waals surface area contributed by atoms with Gasteiger partial charge in [0, 0.05) is 22.2 Å². The largest absolute Gasteiger partial charge is 0.461 e. The molecule has 1 heterocycles. The van der Waals surface area contributed by atoms with E-state index in [2.05, 4.69) is 15.2 Å². The Morgan fingerprint density at radius 2 is 1.95 bits per heavy atom. The van der Waals surface area contributed by atoms with Crippen molar-refractivity contribution in [1.29, 1.82) is 0 Å². The Labute approximate surface area is 133 Å². The Bertz CT molecular complexity index is 732. The number of guanidine groups is 1. The second kappa shape index (κ2) is 7.46. The van der Waals surface area contributed by atoms with Crippen LogP contribution < -0.4 is 11.5 Å². The van der Waals surface area contributed by atoms with E-state index in [9.17, 15) is 4.79 Å². The van der Waals surface area contributed by atoms with Crippen LogP contribution in [0.3, 0.4) is 0 Å². The highest BCUT2D eigenvalue weighted by atomic mass is 35.5. The quantitative estimate of drug-likeness (QED) is 0.341. The van der Waals surface area contributed by atoms with Crippen molar-refractivity contribution in [2.24, 2.45) is 21.7 Å². The van der Waals surface area contributed by atoms with Crippen LogP contribution in [0.5, 0.6) is 0 Å². The van der Waals surface area contributed by atoms with Gasteiger partial charge in [0.25, 0.3) is 0 Å². The summed E-state index contributed by atoms with van der Waals surface area (Å²) >= 11 is 0. The zero-order valence-electron chi connectivity index (χ0n) is 12.3. The second-order valence-electron chi connectivity index (χ2n) is 4.36. The lowest BCUT2D eigenvalue weighted by molar-refractivity contribution is -0.134. The first-order valence-corrected chi connectivity index (χ1v) is 6.46. The molecular weight excluding hydrogens is 306 g/mol. The van der Waals surface area contributed by atoms with E-state index in [4.69, 9.17) is 16.2 Å². The molecule has 2 aromatic rings. The number of fused-ring (bicyclic) bond motifs is 1. The van der Waals surface area contributed by atoms with Gasteiger partial charge in [-0.1, -0.05) is 18.2 Å². The average Bonchev–Trinajstić information content (AvgIpc) is 2.76. The topological polar surface area (TPSA) is 119 Å². The molecule has 1 aromatic carbocycles. The number of carbonyl (C=O) groups is 1. The summed E-state index contributed by atoms with van der Waals surface area (Å²) in [5, 5.41) is 8.29. The van der Waals surface area contributed by atoms with E-state index in [0.717, 1.165) is 16.6 Å². The van der Waals surface area contributed by atoms with Gasteiger partial charge in [0.1, 0.15) is 0 Å². The van der Waals surface area contributed by atoms with Gasteiger partial charge in [0.05, 0.1) is 6.61 Å². The molecule has 0 radical (unpaired) electrons. The number of nitrogens with two attached hydrogens (primary N) is 2. The van der Waals surface area contributed by atoms with Crippen molar-refractivity contribution in [3.63, 3.8) is 0 Å². The zero-order chi connectivity index (χ0) is 15.4. The number of benzene rings is 1. The van der Waals surface area contributed by atoms with Crippen LogP contribution in [-0.2, 0) is 9.53 Å². The third kappa shape index (κ3) is 3.56. The third-order valence-corrected chi connectivity index (χ3v) is 2.86. The van der Waals surface area contributed by atoms with E-state index in [1.165, 1.54) is 0 Å². The number of H-pyrrole nitrogens is 1. The predicted octanol–water partition coefficient (Wildman–Crippen LogP) is 1.44. The van der Waals surface area contributed by atoms with Crippen LogP contribution in [0.15, 0.2) is 34.5 Å². The molecule has 0 saturated carbocycles. The molecule has 0 bridgehead atoms. The molecule has 8 heteroatoms. The highest BCUT2D eigenvalue weighted by Gasteiger charge is 2.22. The van der Waals surface area contributed by atoms with Crippen molar-refractivity contribution < 1.29 is 9.53 Å². The third-order valence-electron chi connectivity index (χ3n) is 2.86. The van der Waals surface area contributed by atoms with Crippen LogP contribution in [-0.4, -0.2) is 29.2 Å². The second-order valence-corrected chi connectivity index (χ2v) is 4.36. The minimum absolute atomic E-state index is 0. The molecular formula is C14H18ClN5O2. The number of hydrogen-bond acceptors (Lipinski definition) is 4. The van der Waals surface area contributed by atoms with Gasteiger partial charge in [0.15, 0.2) is 5.71 Å². The van der Waals surface area contributed by atoms with Crippen molar-refractivity contribution in [2.75, 3.05) is 6.61 Å². The average molecular weight is 324 g/mol. The molecule has 2 rings (SSSR count). The molecule has 5 N–H and O–H groups in total. The summed E-state index contributed by atoms with van der Waals surface area (Å²) in [5.41, 5.74) is 12.9. The molecule has 7 nitrogen and oxygen atoms in total. The number of nitrogens with one attached hydrogen (secondary N) is 1. The van der Waals surface area contributed by atoms with E-state index in [1.54, 1.807) is 6.92 Å². The lowest BCUT2D eigenvalue weighted by Gasteiger charge is -2.05. The van der Waals surface area contributed by atoms with E-state index in [0.29, 0.717) is 5.56 Å². The Morgan fingerprint density at radius 1 is 1.27 bits per heavy atom. The summed E-state index contributed by atoms with van der Waals surface area (Å²) in [7, 11) is 0. The summed E-state index contributed by atoms with van der Waals surface area (Å²) in [6, 6.07) is 7.58. The molecule has 0 amide bonds. The molecule has 0 unspecified atom stereocenters. The van der Waals surface area contributed by atoms with Gasteiger partial charge in [-0.25, -0.2) is 4.79 Å². The fourth-order valence-electron chi connectivity index (χ4n) is 2.08. The number of carbonyl (C=O) groups excluding carboxylic acids is 1. The van der Waals surface area contributed by atoms with E-state index >= 15 is 0 Å². The number of para-hydroxylation sites is 1. The first kappa shape index (κ1) is 17.5. The summed E-state index contributed by atoms with van der Waals surface area (Å²) in [6.07, 6.45) is 0. The van der Waals surface area contributed by atoms with Gasteiger partial charge in [-0.15, -0.1) is 22.6 Å². The molecule has 0 aliphatic heterocycles. The lowest BCUT2D eigenvalue weighted by Crippen LogP contribution is -2.23. The van der Waals surface area contributed by atoms with E-state index in [1.807, 2.05) is 31.2 Å². The van der Waals surface area contributed by atoms with Crippen molar-refractivity contribution in [1.82, 2.24) is 4.98 Å². The molecule has 0 fully saturated rings. The number of aryl methyl sites for hydroxylation is 1. The van der Waals surface area contributed by atoms with Crippen LogP contribution in [0.1, 0.15) is 18.2 Å². The number of aromatic nitrogens is 1. The first-order valence-electron chi connectivity index (χ1n) is 6.46. The molecule has 0 aliphatic rings. The Morgan fingerprint density at radius 3 is 2.59 bits per heavy atom. The fraction of sp³-hybridized carbons (Fsp3) is 0.214. The predicted molar refractivity (Wildman–Crippen MR) is 89.3 cm³/mol. The van der Waals surface area contributed by atoms with Crippen molar-refractivity contribution in [2.45, 2.75) is 13.8 Å². The summed E-state index contributed by atoms with van der Waals surface area (Å²) < 4.78 is 5.03. The molecule has 0 atom stereocenters. The maximum absolute atomic E-state index is 12.1. The van der Waals surface area contributed by atoms with Gasteiger partial charge in [-0.05, 0) is 19.9 Å². The van der Waals surface area contributed by atoms with Crippen LogP contribution in [0, 0.1) is 6.92 Å². The van der Waals surface area contributed by atoms with E-state index < -0.39 is 5.97 Å². The molecule has 0 aliphatic carbocycles. The van der Waals surface area contributed by atoms with Crippen molar-refractivity contribution >= 4 is 41.0 Å². The molecule has 118 valence electrons. The maximum Gasteiger partial charge on any atom is 0.359 e. The van der Waals surface area contributed by atoms with Gasteiger partial charge in [-0.2, -0.15) is 0 Å². The Kier molecular flexibility index (Phi) is 5.94. The van der Waals surface area contributed by atoms with Crippen LogP contribution in [0.25, 0.3) is 10.9 Å². The number of halogens is 1. The number of nitrogens with zero attached hydrogens (tertiary/aromatic N) is 2. The number of ether oxygens (including phenoxy) is 1. The van der Waals surface area contributed by atoms with E-state index in [-0.39, 0.29) is 30.7 Å². The SMILES string of the molecule is CCOC(=O)/C(=N/N=C(N)N)c1c(C)[nH]c2ccccc12.Cl. The number of hydrogen-bond donors (Lipinski definition) is 3. The lowest BCUT2D eigenvalue weighted by atomic mass is 10.1. The standard InChI is InChI=1S/C14H17N5O2.ClH/c1-3-21-13(20)12(18-19-14(15)16)11-8(2)17-10-7-5-4-6-9(10)11;/h4-7,17H,3H2,1-2H3,(H4,15,16,19);1H/b18-12+;. The fourth-order valence-corrected chi connectivity index (χ4v) is 2.08. The molecule has 0 saturated heterocycles. The zero-order valence-corrected chi connectivity index (χ0v) is 13.1. The van der Waals surface area contributed by atoms with Gasteiger partial charge >= 0.3 is 5.97 Å². The Hall–Kier alpha value is -2.54. The minimum Gasteiger partial charge on any atom is -0.461 e. The smallest absolute Gasteiger partial charge is 0.359 e. The first-order chi connectivity index (χ1) is 10.0. The van der Waals surface area contributed by atoms with Gasteiger partial charge in [-0.3, -0.25) is 0 Å². The van der Waals surface area contributed by atoms with Crippen LogP contribution in [0.2, 0.25) is 0 Å². The molecule has 0 spiro atoms.